The van der Waals surface area contributed by atoms with Crippen LogP contribution in [0, 0.1) is 6.92 Å². The molecule has 0 saturated heterocycles. The van der Waals surface area contributed by atoms with E-state index < -0.39 is 5.91 Å². The molecule has 0 aliphatic heterocycles. The molecule has 0 spiro atoms. The highest BCUT2D eigenvalue weighted by molar-refractivity contribution is 6.42. The van der Waals surface area contributed by atoms with Gasteiger partial charge in [0.2, 0.25) is 5.95 Å². The Bertz CT molecular complexity index is 1060. The van der Waals surface area contributed by atoms with Gasteiger partial charge in [0.25, 0.3) is 5.91 Å². The number of carbonyl (C=O) groups excluding carboxylic acids is 1. The summed E-state index contributed by atoms with van der Waals surface area (Å²) in [5.74, 6) is 0.852. The lowest BCUT2D eigenvalue weighted by Crippen LogP contribution is -2.13. The number of rotatable bonds is 7. The fourth-order valence-corrected chi connectivity index (χ4v) is 3.53. The molecule has 0 radical (unpaired) electrons. The number of benzene rings is 1. The molecule has 4 N–H and O–H groups in total. The van der Waals surface area contributed by atoms with Gasteiger partial charge < -0.3 is 21.1 Å². The summed E-state index contributed by atoms with van der Waals surface area (Å²) in [5.41, 5.74) is 1.33. The number of amides is 1. The van der Waals surface area contributed by atoms with Crippen molar-refractivity contribution in [3.05, 3.63) is 62.9 Å². The number of aromatic nitrogens is 3. The third kappa shape index (κ3) is 5.70. The van der Waals surface area contributed by atoms with Gasteiger partial charge in [0, 0.05) is 41.3 Å². The number of nitrogens with zero attached hydrogens (tertiary/aromatic N) is 3. The zero-order valence-corrected chi connectivity index (χ0v) is 18.0. The molecular formula is C19H17Cl3N6O2. The second-order valence-electron chi connectivity index (χ2n) is 6.12. The van der Waals surface area contributed by atoms with E-state index >= 15 is 0 Å². The van der Waals surface area contributed by atoms with Crippen molar-refractivity contribution in [2.45, 2.75) is 6.92 Å². The number of hydrogen-bond donors (Lipinski definition) is 4. The van der Waals surface area contributed by atoms with Crippen LogP contribution >= 0.6 is 34.8 Å². The van der Waals surface area contributed by atoms with E-state index in [4.69, 9.17) is 39.9 Å². The Balaban J connectivity index is 1.77. The Labute approximate surface area is 187 Å². The molecule has 3 rings (SSSR count). The van der Waals surface area contributed by atoms with Gasteiger partial charge in [-0.25, -0.2) is 9.97 Å². The Morgan fingerprint density at radius 1 is 1.07 bits per heavy atom. The molecular weight excluding hydrogens is 451 g/mol. The number of aliphatic hydroxyl groups is 1. The molecule has 0 unspecified atom stereocenters. The average molecular weight is 468 g/mol. The van der Waals surface area contributed by atoms with Crippen LogP contribution in [0.5, 0.6) is 0 Å². The number of aryl methyl sites for hydroxylation is 1. The molecule has 156 valence electrons. The second kappa shape index (κ2) is 9.90. The van der Waals surface area contributed by atoms with Crippen LogP contribution in [0.1, 0.15) is 16.1 Å². The Hall–Kier alpha value is -2.65. The maximum atomic E-state index is 12.6. The predicted molar refractivity (Wildman–Crippen MR) is 119 cm³/mol. The molecule has 0 aliphatic rings. The van der Waals surface area contributed by atoms with E-state index in [9.17, 15) is 4.79 Å². The third-order valence-electron chi connectivity index (χ3n) is 3.76. The molecule has 0 saturated carbocycles. The molecule has 0 aliphatic carbocycles. The molecule has 2 heterocycles. The van der Waals surface area contributed by atoms with Gasteiger partial charge in [-0.05, 0) is 25.1 Å². The lowest BCUT2D eigenvalue weighted by atomic mass is 10.2. The van der Waals surface area contributed by atoms with Crippen molar-refractivity contribution < 1.29 is 9.90 Å². The summed E-state index contributed by atoms with van der Waals surface area (Å²) in [5, 5.41) is 18.3. The minimum absolute atomic E-state index is 0.0367. The first-order chi connectivity index (χ1) is 14.4. The number of carbonyl (C=O) groups is 1. The highest BCUT2D eigenvalue weighted by Gasteiger charge is 2.16. The fraction of sp³-hybridized carbons (Fsp3) is 0.158. The largest absolute Gasteiger partial charge is 0.395 e. The van der Waals surface area contributed by atoms with Crippen molar-refractivity contribution in [2.75, 3.05) is 29.1 Å². The smallest absolute Gasteiger partial charge is 0.258 e. The SMILES string of the molecule is Cc1cc(Nc2cc(NC(=O)c3c(Cl)cc(Cl)cc3Cl)ccn2)nc(NCCO)n1. The quantitative estimate of drug-likeness (QED) is 0.403. The van der Waals surface area contributed by atoms with Gasteiger partial charge >= 0.3 is 0 Å². The van der Waals surface area contributed by atoms with Crippen molar-refractivity contribution in [3.63, 3.8) is 0 Å². The molecule has 1 aromatic carbocycles. The number of nitrogens with one attached hydrogen (secondary N) is 3. The van der Waals surface area contributed by atoms with Crippen molar-refractivity contribution in [1.29, 1.82) is 0 Å². The second-order valence-corrected chi connectivity index (χ2v) is 7.37. The summed E-state index contributed by atoms with van der Waals surface area (Å²) >= 11 is 18.1. The number of halogens is 3. The molecule has 3 aromatic rings. The standard InChI is InChI=1S/C19H17Cl3N6O2/c1-10-6-16(28-19(25-10)24-4-5-29)27-15-9-12(2-3-23-15)26-18(30)17-13(21)7-11(20)8-14(17)22/h2-3,6-9,29H,4-5H2,1H3,(H3,23,24,25,26,27,28,30). The number of hydrogen-bond acceptors (Lipinski definition) is 7. The molecule has 2 aromatic heterocycles. The molecule has 30 heavy (non-hydrogen) atoms. The van der Waals surface area contributed by atoms with Crippen molar-refractivity contribution in [1.82, 2.24) is 15.0 Å². The predicted octanol–water partition coefficient (Wildman–Crippen LogP) is 4.54. The monoisotopic (exact) mass is 466 g/mol. The summed E-state index contributed by atoms with van der Waals surface area (Å²) in [7, 11) is 0. The van der Waals surface area contributed by atoms with E-state index in [-0.39, 0.29) is 22.2 Å². The maximum absolute atomic E-state index is 12.6. The van der Waals surface area contributed by atoms with Gasteiger partial charge in [-0.2, -0.15) is 4.98 Å². The van der Waals surface area contributed by atoms with Gasteiger partial charge in [0.15, 0.2) is 0 Å². The van der Waals surface area contributed by atoms with Gasteiger partial charge in [0.1, 0.15) is 11.6 Å². The summed E-state index contributed by atoms with van der Waals surface area (Å²) in [6, 6.07) is 7.89. The lowest BCUT2D eigenvalue weighted by Gasteiger charge is -2.11. The zero-order valence-electron chi connectivity index (χ0n) is 15.7. The fourth-order valence-electron chi connectivity index (χ4n) is 2.54. The lowest BCUT2D eigenvalue weighted by molar-refractivity contribution is 0.102. The first-order valence-electron chi connectivity index (χ1n) is 8.75. The van der Waals surface area contributed by atoms with Gasteiger partial charge in [-0.15, -0.1) is 0 Å². The van der Waals surface area contributed by atoms with E-state index in [0.717, 1.165) is 5.69 Å². The maximum Gasteiger partial charge on any atom is 0.258 e. The van der Waals surface area contributed by atoms with Crippen LogP contribution in [0.4, 0.5) is 23.3 Å². The summed E-state index contributed by atoms with van der Waals surface area (Å²) in [4.78, 5) is 25.4. The highest BCUT2D eigenvalue weighted by Crippen LogP contribution is 2.30. The molecule has 0 fully saturated rings. The number of pyridine rings is 1. The average Bonchev–Trinajstić information content (AvgIpc) is 2.65. The van der Waals surface area contributed by atoms with E-state index in [2.05, 4.69) is 30.9 Å². The Morgan fingerprint density at radius 2 is 1.80 bits per heavy atom. The normalized spacial score (nSPS) is 10.6. The molecule has 0 bridgehead atoms. The zero-order chi connectivity index (χ0) is 21.7. The minimum Gasteiger partial charge on any atom is -0.395 e. The number of anilines is 4. The minimum atomic E-state index is -0.479. The van der Waals surface area contributed by atoms with Crippen LogP contribution in [-0.4, -0.2) is 39.1 Å². The van der Waals surface area contributed by atoms with Gasteiger partial charge in [-0.3, -0.25) is 4.79 Å². The first-order valence-corrected chi connectivity index (χ1v) is 9.88. The van der Waals surface area contributed by atoms with Crippen LogP contribution in [0.2, 0.25) is 15.1 Å². The molecule has 1 amide bonds. The summed E-state index contributed by atoms with van der Waals surface area (Å²) in [6.07, 6.45) is 1.53. The molecule has 11 heteroatoms. The van der Waals surface area contributed by atoms with E-state index in [0.29, 0.717) is 34.8 Å². The van der Waals surface area contributed by atoms with Crippen LogP contribution in [0.15, 0.2) is 36.5 Å². The van der Waals surface area contributed by atoms with Crippen LogP contribution in [-0.2, 0) is 0 Å². The summed E-state index contributed by atoms with van der Waals surface area (Å²) in [6.45, 7) is 2.12. The highest BCUT2D eigenvalue weighted by atomic mass is 35.5. The van der Waals surface area contributed by atoms with E-state index in [1.54, 1.807) is 18.2 Å². The Kier molecular flexibility index (Phi) is 7.28. The molecule has 0 atom stereocenters. The van der Waals surface area contributed by atoms with E-state index in [1.165, 1.54) is 18.3 Å². The third-order valence-corrected chi connectivity index (χ3v) is 4.57. The first kappa shape index (κ1) is 22.0. The van der Waals surface area contributed by atoms with Crippen molar-refractivity contribution >= 4 is 64.0 Å². The van der Waals surface area contributed by atoms with Gasteiger partial charge in [0.05, 0.1) is 22.2 Å². The van der Waals surface area contributed by atoms with E-state index in [1.807, 2.05) is 6.92 Å². The van der Waals surface area contributed by atoms with Crippen LogP contribution in [0.3, 0.4) is 0 Å². The van der Waals surface area contributed by atoms with Crippen molar-refractivity contribution in [2.24, 2.45) is 0 Å². The van der Waals surface area contributed by atoms with Crippen LogP contribution < -0.4 is 16.0 Å². The van der Waals surface area contributed by atoms with Gasteiger partial charge in [-0.1, -0.05) is 34.8 Å². The topological polar surface area (TPSA) is 112 Å². The Morgan fingerprint density at radius 3 is 2.50 bits per heavy atom. The summed E-state index contributed by atoms with van der Waals surface area (Å²) < 4.78 is 0. The van der Waals surface area contributed by atoms with Crippen molar-refractivity contribution in [3.8, 4) is 0 Å². The van der Waals surface area contributed by atoms with Crippen LogP contribution in [0.25, 0.3) is 0 Å². The number of aliphatic hydroxyl groups excluding tert-OH is 1. The molecule has 8 nitrogen and oxygen atoms in total.